The molecule has 3 N–H and O–H groups in total. The predicted molar refractivity (Wildman–Crippen MR) is 85.8 cm³/mol. The zero-order valence-corrected chi connectivity index (χ0v) is 14.2. The van der Waals surface area contributed by atoms with Crippen LogP contribution in [0.4, 0.5) is 8.78 Å². The second-order valence-corrected chi connectivity index (χ2v) is 6.70. The van der Waals surface area contributed by atoms with Gasteiger partial charge in [-0.15, -0.1) is 0 Å². The highest BCUT2D eigenvalue weighted by atomic mass is 35.5. The summed E-state index contributed by atoms with van der Waals surface area (Å²) in [5, 5.41) is 2.64. The van der Waals surface area contributed by atoms with E-state index in [4.69, 9.17) is 16.3 Å². The van der Waals surface area contributed by atoms with Crippen molar-refractivity contribution in [3.8, 4) is 0 Å². The number of nitrogens with one attached hydrogen (secondary N) is 3. The number of esters is 1. The summed E-state index contributed by atoms with van der Waals surface area (Å²) in [6, 6.07) is 0.993. The third kappa shape index (κ3) is 3.61. The van der Waals surface area contributed by atoms with Gasteiger partial charge in [0.1, 0.15) is 6.04 Å². The van der Waals surface area contributed by atoms with E-state index in [9.17, 15) is 18.4 Å². The first-order valence-corrected chi connectivity index (χ1v) is 8.32. The van der Waals surface area contributed by atoms with Crippen molar-refractivity contribution < 1.29 is 23.1 Å². The standard InChI is InChI=1S/C16H18ClF2N3O3/c1-25-16(24)14-9-4-7(2-3-13(9)21-22-14)20-15(23)8-5-11(18)12(19)6-10(8)17/h5-7,9,13-14,21-22H,2-4H2,1H3,(H,20,23). The van der Waals surface area contributed by atoms with Crippen LogP contribution in [0.25, 0.3) is 0 Å². The third-order valence-corrected chi connectivity index (χ3v) is 5.11. The summed E-state index contributed by atoms with van der Waals surface area (Å²) in [5.41, 5.74) is 5.89. The smallest absolute Gasteiger partial charge is 0.324 e. The summed E-state index contributed by atoms with van der Waals surface area (Å²) in [5.74, 6) is -3.21. The Balaban J connectivity index is 1.68. The highest BCUT2D eigenvalue weighted by Crippen LogP contribution is 2.31. The molecule has 1 heterocycles. The van der Waals surface area contributed by atoms with Crippen molar-refractivity contribution in [2.75, 3.05) is 7.11 Å². The number of carbonyl (C=O) groups excluding carboxylic acids is 2. The fraction of sp³-hybridized carbons (Fsp3) is 0.500. The summed E-state index contributed by atoms with van der Waals surface area (Å²) in [4.78, 5) is 24.2. The lowest BCUT2D eigenvalue weighted by Gasteiger charge is -2.32. The van der Waals surface area contributed by atoms with Crippen LogP contribution in [0, 0.1) is 17.6 Å². The van der Waals surface area contributed by atoms with E-state index in [0.717, 1.165) is 18.6 Å². The van der Waals surface area contributed by atoms with Crippen LogP contribution in [0.2, 0.25) is 5.02 Å². The molecular weight excluding hydrogens is 356 g/mol. The largest absolute Gasteiger partial charge is 0.468 e. The van der Waals surface area contributed by atoms with Crippen molar-refractivity contribution >= 4 is 23.5 Å². The van der Waals surface area contributed by atoms with Gasteiger partial charge in [-0.25, -0.2) is 14.2 Å². The van der Waals surface area contributed by atoms with Gasteiger partial charge >= 0.3 is 5.97 Å². The molecule has 1 aliphatic heterocycles. The number of methoxy groups -OCH3 is 1. The second kappa shape index (κ2) is 7.23. The van der Waals surface area contributed by atoms with Gasteiger partial charge in [-0.3, -0.25) is 15.0 Å². The maximum atomic E-state index is 13.4. The minimum absolute atomic E-state index is 0.0353. The van der Waals surface area contributed by atoms with E-state index in [1.807, 2.05) is 0 Å². The normalized spacial score (nSPS) is 28.3. The van der Waals surface area contributed by atoms with Crippen LogP contribution >= 0.6 is 11.6 Å². The Bertz CT molecular complexity index is 703. The average Bonchev–Trinajstić information content (AvgIpc) is 3.00. The van der Waals surface area contributed by atoms with Crippen molar-refractivity contribution in [2.24, 2.45) is 5.92 Å². The highest BCUT2D eigenvalue weighted by molar-refractivity contribution is 6.33. The molecule has 25 heavy (non-hydrogen) atoms. The molecule has 6 nitrogen and oxygen atoms in total. The Morgan fingerprint density at radius 3 is 2.68 bits per heavy atom. The molecule has 2 aliphatic rings. The molecule has 0 spiro atoms. The number of benzene rings is 1. The van der Waals surface area contributed by atoms with Crippen LogP contribution in [0.5, 0.6) is 0 Å². The van der Waals surface area contributed by atoms with Crippen LogP contribution in [0.3, 0.4) is 0 Å². The number of hydrazine groups is 1. The van der Waals surface area contributed by atoms with E-state index in [1.165, 1.54) is 7.11 Å². The van der Waals surface area contributed by atoms with E-state index in [1.54, 1.807) is 0 Å². The summed E-state index contributed by atoms with van der Waals surface area (Å²) >= 11 is 5.84. The van der Waals surface area contributed by atoms with Crippen molar-refractivity contribution in [3.05, 3.63) is 34.4 Å². The van der Waals surface area contributed by atoms with Crippen molar-refractivity contribution in [2.45, 2.75) is 37.4 Å². The Hall–Kier alpha value is -1.77. The minimum Gasteiger partial charge on any atom is -0.468 e. The van der Waals surface area contributed by atoms with E-state index < -0.39 is 23.6 Å². The van der Waals surface area contributed by atoms with Crippen LogP contribution in [0.15, 0.2) is 12.1 Å². The first kappa shape index (κ1) is 18.0. The topological polar surface area (TPSA) is 79.5 Å². The van der Waals surface area contributed by atoms with Gasteiger partial charge in [-0.1, -0.05) is 11.6 Å². The van der Waals surface area contributed by atoms with Gasteiger partial charge in [0.2, 0.25) is 0 Å². The van der Waals surface area contributed by atoms with Crippen molar-refractivity contribution in [1.29, 1.82) is 0 Å². The summed E-state index contributed by atoms with van der Waals surface area (Å²) in [6.45, 7) is 0. The molecule has 1 amide bonds. The lowest BCUT2D eigenvalue weighted by atomic mass is 9.79. The molecule has 136 valence electrons. The Labute approximate surface area is 148 Å². The number of carbonyl (C=O) groups is 2. The molecule has 1 saturated carbocycles. The van der Waals surface area contributed by atoms with Gasteiger partial charge in [0.25, 0.3) is 5.91 Å². The molecule has 1 aromatic rings. The lowest BCUT2D eigenvalue weighted by molar-refractivity contribution is -0.144. The van der Waals surface area contributed by atoms with Crippen LogP contribution in [0.1, 0.15) is 29.6 Å². The monoisotopic (exact) mass is 373 g/mol. The molecule has 0 bridgehead atoms. The number of hydrogen-bond acceptors (Lipinski definition) is 5. The molecule has 4 atom stereocenters. The predicted octanol–water partition coefficient (Wildman–Crippen LogP) is 1.53. The van der Waals surface area contributed by atoms with Gasteiger partial charge in [-0.2, -0.15) is 0 Å². The Morgan fingerprint density at radius 1 is 1.24 bits per heavy atom. The third-order valence-electron chi connectivity index (χ3n) is 4.80. The molecule has 1 saturated heterocycles. The summed E-state index contributed by atoms with van der Waals surface area (Å²) in [7, 11) is 1.32. The van der Waals surface area contributed by atoms with Gasteiger partial charge in [0.05, 0.1) is 17.7 Å². The fourth-order valence-electron chi connectivity index (χ4n) is 3.51. The van der Waals surface area contributed by atoms with Gasteiger partial charge < -0.3 is 10.1 Å². The number of fused-ring (bicyclic) bond motifs is 1. The molecule has 0 aromatic heterocycles. The van der Waals surface area contributed by atoms with E-state index in [-0.39, 0.29) is 34.6 Å². The van der Waals surface area contributed by atoms with Crippen molar-refractivity contribution in [1.82, 2.24) is 16.2 Å². The number of halogens is 3. The van der Waals surface area contributed by atoms with Gasteiger partial charge in [-0.05, 0) is 31.4 Å². The van der Waals surface area contributed by atoms with E-state index >= 15 is 0 Å². The molecule has 1 aliphatic carbocycles. The summed E-state index contributed by atoms with van der Waals surface area (Å²) < 4.78 is 31.3. The van der Waals surface area contributed by atoms with Crippen LogP contribution in [-0.4, -0.2) is 37.1 Å². The molecule has 0 radical (unpaired) electrons. The average molecular weight is 374 g/mol. The first-order chi connectivity index (χ1) is 11.9. The number of amides is 1. The SMILES string of the molecule is COC(=O)C1NNC2CCC(NC(=O)c3cc(F)c(F)cc3Cl)CC21. The zero-order valence-electron chi connectivity index (χ0n) is 13.4. The number of ether oxygens (including phenoxy) is 1. The maximum Gasteiger partial charge on any atom is 0.324 e. The van der Waals surface area contributed by atoms with E-state index in [0.29, 0.717) is 12.8 Å². The van der Waals surface area contributed by atoms with Gasteiger partial charge in [0, 0.05) is 18.0 Å². The molecule has 1 aromatic carbocycles. The Morgan fingerprint density at radius 2 is 1.96 bits per heavy atom. The number of hydrogen-bond donors (Lipinski definition) is 3. The molecule has 3 rings (SSSR count). The highest BCUT2D eigenvalue weighted by Gasteiger charge is 2.44. The number of rotatable bonds is 3. The summed E-state index contributed by atoms with van der Waals surface area (Å²) in [6.07, 6.45) is 2.00. The maximum absolute atomic E-state index is 13.4. The molecule has 9 heteroatoms. The quantitative estimate of drug-likeness (QED) is 0.553. The molecule has 4 unspecified atom stereocenters. The minimum atomic E-state index is -1.13. The molecule has 2 fully saturated rings. The van der Waals surface area contributed by atoms with Gasteiger partial charge in [0.15, 0.2) is 11.6 Å². The first-order valence-electron chi connectivity index (χ1n) is 7.95. The zero-order chi connectivity index (χ0) is 18.1. The lowest BCUT2D eigenvalue weighted by Crippen LogP contribution is -2.46. The fourth-order valence-corrected chi connectivity index (χ4v) is 3.74. The van der Waals surface area contributed by atoms with Crippen LogP contribution < -0.4 is 16.2 Å². The molecular formula is C16H18ClF2N3O3. The Kier molecular flexibility index (Phi) is 5.21. The van der Waals surface area contributed by atoms with Crippen LogP contribution in [-0.2, 0) is 9.53 Å². The van der Waals surface area contributed by atoms with Crippen molar-refractivity contribution in [3.63, 3.8) is 0 Å². The second-order valence-electron chi connectivity index (χ2n) is 6.29. The van der Waals surface area contributed by atoms with E-state index in [2.05, 4.69) is 16.2 Å².